The van der Waals surface area contributed by atoms with Crippen molar-refractivity contribution in [3.8, 4) is 27.1 Å². The van der Waals surface area contributed by atoms with E-state index in [0.29, 0.717) is 17.3 Å². The minimum absolute atomic E-state index is 0.132. The van der Waals surface area contributed by atoms with Crippen molar-refractivity contribution in [3.05, 3.63) is 59.2 Å². The predicted octanol–water partition coefficient (Wildman–Crippen LogP) is 4.07. The molecule has 0 radical (unpaired) electrons. The van der Waals surface area contributed by atoms with E-state index in [1.165, 1.54) is 17.7 Å². The second-order valence-electron chi connectivity index (χ2n) is 5.04. The van der Waals surface area contributed by atoms with Crippen LogP contribution in [-0.2, 0) is 11.2 Å². The number of ether oxygens (including phenoxy) is 1. The molecule has 6 nitrogen and oxygen atoms in total. The summed E-state index contributed by atoms with van der Waals surface area (Å²) >= 11 is 3.15. The van der Waals surface area contributed by atoms with Gasteiger partial charge in [0.15, 0.2) is 0 Å². The molecule has 0 saturated carbocycles. The molecule has 0 unspecified atom stereocenters. The number of thiophene rings is 1. The fourth-order valence-electron chi connectivity index (χ4n) is 2.18. The predicted molar refractivity (Wildman–Crippen MR) is 94.5 cm³/mol. The van der Waals surface area contributed by atoms with Gasteiger partial charge in [-0.15, -0.1) is 32.9 Å². The molecule has 3 heterocycles. The van der Waals surface area contributed by atoms with Crippen molar-refractivity contribution in [2.75, 3.05) is 0 Å². The quantitative estimate of drug-likeness (QED) is 0.390. The average Bonchev–Trinajstić information content (AvgIpc) is 3.37. The van der Waals surface area contributed by atoms with Crippen molar-refractivity contribution >= 4 is 28.6 Å². The Morgan fingerprint density at radius 1 is 1.16 bits per heavy atom. The van der Waals surface area contributed by atoms with Gasteiger partial charge in [0.2, 0.25) is 12.3 Å². The Hall–Kier alpha value is -2.84. The van der Waals surface area contributed by atoms with Crippen molar-refractivity contribution in [1.82, 2.24) is 15.2 Å². The summed E-state index contributed by atoms with van der Waals surface area (Å²) in [5.41, 5.74) is 1.47. The molecular formula is C17H11N3O3S2. The lowest BCUT2D eigenvalue weighted by Gasteiger charge is -2.03. The number of benzene rings is 1. The van der Waals surface area contributed by atoms with Crippen molar-refractivity contribution < 1.29 is 13.9 Å². The highest BCUT2D eigenvalue weighted by atomic mass is 32.1. The Morgan fingerprint density at radius 2 is 2.04 bits per heavy atom. The van der Waals surface area contributed by atoms with E-state index in [4.69, 9.17) is 9.15 Å². The van der Waals surface area contributed by atoms with Crippen LogP contribution in [0.5, 0.6) is 5.75 Å². The van der Waals surface area contributed by atoms with Crippen LogP contribution >= 0.6 is 22.7 Å². The number of carbonyl (C=O) groups is 1. The second kappa shape index (κ2) is 6.96. The highest BCUT2D eigenvalue weighted by molar-refractivity contribution is 7.20. The van der Waals surface area contributed by atoms with E-state index in [0.717, 1.165) is 15.4 Å². The van der Waals surface area contributed by atoms with Gasteiger partial charge >= 0.3 is 5.97 Å². The number of aromatic nitrogens is 3. The lowest BCUT2D eigenvalue weighted by atomic mass is 10.2. The van der Waals surface area contributed by atoms with Crippen LogP contribution in [0.3, 0.4) is 0 Å². The summed E-state index contributed by atoms with van der Waals surface area (Å²) < 4.78 is 10.5. The van der Waals surface area contributed by atoms with E-state index in [9.17, 15) is 4.79 Å². The molecule has 0 bridgehead atoms. The largest absolute Gasteiger partial charge is 0.426 e. The molecule has 0 amide bonds. The first-order valence-electron chi connectivity index (χ1n) is 7.33. The first-order valence-corrected chi connectivity index (χ1v) is 9.09. The van der Waals surface area contributed by atoms with Gasteiger partial charge in [-0.3, -0.25) is 4.79 Å². The normalized spacial score (nSPS) is 10.7. The Bertz CT molecular complexity index is 961. The van der Waals surface area contributed by atoms with Crippen LogP contribution in [0, 0.1) is 0 Å². The van der Waals surface area contributed by atoms with Crippen molar-refractivity contribution in [2.45, 2.75) is 6.42 Å². The summed E-state index contributed by atoms with van der Waals surface area (Å²) in [6.45, 7) is 0. The topological polar surface area (TPSA) is 78.1 Å². The minimum atomic E-state index is -0.353. The zero-order valence-corrected chi connectivity index (χ0v) is 14.4. The summed E-state index contributed by atoms with van der Waals surface area (Å²) in [5.74, 6) is 0.525. The molecule has 0 N–H and O–H groups in total. The molecule has 25 heavy (non-hydrogen) atoms. The van der Waals surface area contributed by atoms with Gasteiger partial charge in [-0.1, -0.05) is 6.07 Å². The SMILES string of the molecule is O=C(Cc1csc(-c2cccs2)n1)Oc1ccc(-c2nnco2)cc1. The van der Waals surface area contributed by atoms with Gasteiger partial charge in [0.05, 0.1) is 17.0 Å². The van der Waals surface area contributed by atoms with Crippen LogP contribution in [-0.4, -0.2) is 21.2 Å². The highest BCUT2D eigenvalue weighted by Gasteiger charge is 2.12. The average molecular weight is 369 g/mol. The van der Waals surface area contributed by atoms with Crippen LogP contribution in [0.15, 0.2) is 58.0 Å². The number of nitrogens with zero attached hydrogens (tertiary/aromatic N) is 3. The molecule has 4 rings (SSSR count). The number of hydrogen-bond donors (Lipinski definition) is 0. The molecule has 3 aromatic heterocycles. The maximum absolute atomic E-state index is 12.1. The number of rotatable bonds is 5. The lowest BCUT2D eigenvalue weighted by molar-refractivity contribution is -0.133. The fraction of sp³-hybridized carbons (Fsp3) is 0.0588. The third-order valence-electron chi connectivity index (χ3n) is 3.30. The van der Waals surface area contributed by atoms with Gasteiger partial charge in [-0.2, -0.15) is 0 Å². The van der Waals surface area contributed by atoms with Crippen LogP contribution in [0.25, 0.3) is 21.3 Å². The molecule has 0 aliphatic carbocycles. The van der Waals surface area contributed by atoms with Crippen LogP contribution < -0.4 is 4.74 Å². The lowest BCUT2D eigenvalue weighted by Crippen LogP contribution is -2.11. The smallest absolute Gasteiger partial charge is 0.317 e. The Labute approximate surface area is 150 Å². The summed E-state index contributed by atoms with van der Waals surface area (Å²) in [4.78, 5) is 17.7. The maximum atomic E-state index is 12.1. The first-order chi connectivity index (χ1) is 12.3. The second-order valence-corrected chi connectivity index (χ2v) is 6.85. The van der Waals surface area contributed by atoms with Crippen LogP contribution in [0.2, 0.25) is 0 Å². The Kier molecular flexibility index (Phi) is 4.36. The zero-order valence-electron chi connectivity index (χ0n) is 12.8. The number of thiazole rings is 1. The third kappa shape index (κ3) is 3.65. The molecule has 0 atom stereocenters. The monoisotopic (exact) mass is 369 g/mol. The summed E-state index contributed by atoms with van der Waals surface area (Å²) in [5, 5.41) is 12.3. The Balaban J connectivity index is 1.39. The maximum Gasteiger partial charge on any atom is 0.317 e. The van der Waals surface area contributed by atoms with E-state index in [2.05, 4.69) is 15.2 Å². The van der Waals surface area contributed by atoms with Crippen molar-refractivity contribution in [2.24, 2.45) is 0 Å². The molecular weight excluding hydrogens is 358 g/mol. The molecule has 0 aliphatic heterocycles. The molecule has 0 saturated heterocycles. The summed E-state index contributed by atoms with van der Waals surface area (Å²) in [6, 6.07) is 10.9. The van der Waals surface area contributed by atoms with Gasteiger partial charge < -0.3 is 9.15 Å². The molecule has 0 aliphatic rings. The molecule has 8 heteroatoms. The third-order valence-corrected chi connectivity index (χ3v) is 5.23. The molecule has 1 aromatic carbocycles. The Morgan fingerprint density at radius 3 is 2.76 bits per heavy atom. The zero-order chi connectivity index (χ0) is 17.1. The summed E-state index contributed by atoms with van der Waals surface area (Å²) in [7, 11) is 0. The fourth-order valence-corrected chi connectivity index (χ4v) is 3.82. The molecule has 0 fully saturated rings. The molecule has 0 spiro atoms. The van der Waals surface area contributed by atoms with E-state index >= 15 is 0 Å². The highest BCUT2D eigenvalue weighted by Crippen LogP contribution is 2.28. The number of carbonyl (C=O) groups excluding carboxylic acids is 1. The van der Waals surface area contributed by atoms with E-state index in [1.54, 1.807) is 35.6 Å². The van der Waals surface area contributed by atoms with Crippen LogP contribution in [0.1, 0.15) is 5.69 Å². The van der Waals surface area contributed by atoms with E-state index < -0.39 is 0 Å². The number of hydrogen-bond acceptors (Lipinski definition) is 8. The van der Waals surface area contributed by atoms with Crippen LogP contribution in [0.4, 0.5) is 0 Å². The summed E-state index contributed by atoms with van der Waals surface area (Å²) in [6.07, 6.45) is 1.40. The van der Waals surface area contributed by atoms with Gasteiger partial charge in [-0.05, 0) is 35.7 Å². The van der Waals surface area contributed by atoms with Gasteiger partial charge in [0.1, 0.15) is 10.8 Å². The minimum Gasteiger partial charge on any atom is -0.426 e. The van der Waals surface area contributed by atoms with Crippen molar-refractivity contribution in [1.29, 1.82) is 0 Å². The van der Waals surface area contributed by atoms with Crippen molar-refractivity contribution in [3.63, 3.8) is 0 Å². The number of esters is 1. The van der Waals surface area contributed by atoms with E-state index in [1.807, 2.05) is 22.9 Å². The molecule has 124 valence electrons. The van der Waals surface area contributed by atoms with Gasteiger partial charge in [0, 0.05) is 10.9 Å². The first kappa shape index (κ1) is 15.7. The molecule has 4 aromatic rings. The van der Waals surface area contributed by atoms with Gasteiger partial charge in [0.25, 0.3) is 0 Å². The van der Waals surface area contributed by atoms with E-state index in [-0.39, 0.29) is 12.4 Å². The standard InChI is InChI=1S/C17H11N3O3S2/c21-15(8-12-9-25-17(19-12)14-2-1-7-24-14)23-13-5-3-11(4-6-13)16-20-18-10-22-16/h1-7,9-10H,8H2. The van der Waals surface area contributed by atoms with Gasteiger partial charge in [-0.25, -0.2) is 4.98 Å².